The van der Waals surface area contributed by atoms with E-state index in [2.05, 4.69) is 12.2 Å². The fourth-order valence-electron chi connectivity index (χ4n) is 2.50. The van der Waals surface area contributed by atoms with E-state index in [4.69, 9.17) is 0 Å². The number of nitrogens with one attached hydrogen (secondary N) is 1. The molecule has 0 saturated heterocycles. The largest absolute Gasteiger partial charge is 0.309 e. The number of hydrogen-bond donors (Lipinski definition) is 1. The van der Waals surface area contributed by atoms with Crippen LogP contribution in [0.5, 0.6) is 0 Å². The SMILES string of the molecule is CCNC(c1ccc(-c2cc(F)ccc2F)s1)C1CC1. The van der Waals surface area contributed by atoms with Crippen LogP contribution >= 0.6 is 11.3 Å². The maximum atomic E-state index is 13.8. The third-order valence-electron chi connectivity index (χ3n) is 3.64. The lowest BCUT2D eigenvalue weighted by Crippen LogP contribution is -2.21. The van der Waals surface area contributed by atoms with Gasteiger partial charge in [-0.1, -0.05) is 6.92 Å². The van der Waals surface area contributed by atoms with Gasteiger partial charge in [0.15, 0.2) is 0 Å². The number of rotatable bonds is 5. The van der Waals surface area contributed by atoms with Crippen molar-refractivity contribution in [2.24, 2.45) is 5.92 Å². The molecule has 1 heterocycles. The minimum atomic E-state index is -0.401. The summed E-state index contributed by atoms with van der Waals surface area (Å²) < 4.78 is 27.1. The van der Waals surface area contributed by atoms with Crippen molar-refractivity contribution >= 4 is 11.3 Å². The third-order valence-corrected chi connectivity index (χ3v) is 4.85. The summed E-state index contributed by atoms with van der Waals surface area (Å²) in [4.78, 5) is 2.01. The highest BCUT2D eigenvalue weighted by atomic mass is 32.1. The van der Waals surface area contributed by atoms with Gasteiger partial charge < -0.3 is 5.32 Å². The number of benzene rings is 1. The zero-order chi connectivity index (χ0) is 14.1. The Kier molecular flexibility index (Phi) is 3.85. The molecule has 1 unspecified atom stereocenters. The standard InChI is InChI=1S/C16H17F2NS/c1-2-19-16(10-3-4-10)15-8-7-14(20-15)12-9-11(17)5-6-13(12)18/h5-10,16,19H,2-4H2,1H3. The first kappa shape index (κ1) is 13.7. The van der Waals surface area contributed by atoms with Gasteiger partial charge in [0, 0.05) is 21.4 Å². The van der Waals surface area contributed by atoms with E-state index in [9.17, 15) is 8.78 Å². The van der Waals surface area contributed by atoms with E-state index >= 15 is 0 Å². The third kappa shape index (κ3) is 2.76. The summed E-state index contributed by atoms with van der Waals surface area (Å²) in [6.45, 7) is 3.01. The lowest BCUT2D eigenvalue weighted by molar-refractivity contribution is 0.504. The molecule has 1 nitrogen and oxygen atoms in total. The number of hydrogen-bond acceptors (Lipinski definition) is 2. The van der Waals surface area contributed by atoms with Gasteiger partial charge in [-0.2, -0.15) is 0 Å². The molecule has 1 atom stereocenters. The van der Waals surface area contributed by atoms with Gasteiger partial charge >= 0.3 is 0 Å². The highest BCUT2D eigenvalue weighted by Gasteiger charge is 2.32. The quantitative estimate of drug-likeness (QED) is 0.838. The zero-order valence-corrected chi connectivity index (χ0v) is 12.1. The Hall–Kier alpha value is -1.26. The van der Waals surface area contributed by atoms with Gasteiger partial charge in [0.1, 0.15) is 11.6 Å². The minimum absolute atomic E-state index is 0.354. The molecule has 3 rings (SSSR count). The van der Waals surface area contributed by atoms with Crippen molar-refractivity contribution in [3.8, 4) is 10.4 Å². The lowest BCUT2D eigenvalue weighted by Gasteiger charge is -2.15. The van der Waals surface area contributed by atoms with E-state index in [1.165, 1.54) is 29.9 Å². The summed E-state index contributed by atoms with van der Waals surface area (Å²) in [6, 6.07) is 7.90. The van der Waals surface area contributed by atoms with Crippen LogP contribution in [0.15, 0.2) is 30.3 Å². The van der Waals surface area contributed by atoms with Crippen molar-refractivity contribution < 1.29 is 8.78 Å². The lowest BCUT2D eigenvalue weighted by atomic mass is 10.1. The molecule has 0 bridgehead atoms. The summed E-state index contributed by atoms with van der Waals surface area (Å²) in [5.41, 5.74) is 0.354. The molecule has 0 radical (unpaired) electrons. The van der Waals surface area contributed by atoms with Crippen molar-refractivity contribution in [2.45, 2.75) is 25.8 Å². The molecule has 1 fully saturated rings. The fraction of sp³-hybridized carbons (Fsp3) is 0.375. The average molecular weight is 293 g/mol. The molecule has 1 aliphatic rings. The summed E-state index contributed by atoms with van der Waals surface area (Å²) >= 11 is 1.56. The first-order chi connectivity index (χ1) is 9.69. The van der Waals surface area contributed by atoms with E-state index in [-0.39, 0.29) is 5.82 Å². The molecule has 1 aliphatic carbocycles. The van der Waals surface area contributed by atoms with Gasteiger partial charge in [-0.15, -0.1) is 11.3 Å². The van der Waals surface area contributed by atoms with Crippen LogP contribution in [0.1, 0.15) is 30.7 Å². The predicted molar refractivity (Wildman–Crippen MR) is 78.8 cm³/mol. The molecule has 0 aliphatic heterocycles. The highest BCUT2D eigenvalue weighted by Crippen LogP contribution is 2.44. The number of thiophene rings is 1. The summed E-state index contributed by atoms with van der Waals surface area (Å²) in [6.07, 6.45) is 2.50. The fourth-order valence-corrected chi connectivity index (χ4v) is 3.70. The van der Waals surface area contributed by atoms with Gasteiger partial charge in [0.05, 0.1) is 0 Å². The zero-order valence-electron chi connectivity index (χ0n) is 11.3. The molecule has 1 aromatic heterocycles. The van der Waals surface area contributed by atoms with Gasteiger partial charge in [0.2, 0.25) is 0 Å². The topological polar surface area (TPSA) is 12.0 Å². The molecule has 0 amide bonds. The van der Waals surface area contributed by atoms with Crippen LogP contribution in [0.2, 0.25) is 0 Å². The van der Waals surface area contributed by atoms with E-state index in [0.717, 1.165) is 17.5 Å². The second kappa shape index (κ2) is 5.62. The van der Waals surface area contributed by atoms with Crippen LogP contribution in [0, 0.1) is 17.6 Å². The molecular weight excluding hydrogens is 276 g/mol. The van der Waals surface area contributed by atoms with Crippen LogP contribution in [-0.2, 0) is 0 Å². The van der Waals surface area contributed by atoms with Crippen LogP contribution in [0.3, 0.4) is 0 Å². The smallest absolute Gasteiger partial charge is 0.132 e. The van der Waals surface area contributed by atoms with E-state index < -0.39 is 5.82 Å². The normalized spacial score (nSPS) is 16.4. The molecular formula is C16H17F2NS. The summed E-state index contributed by atoms with van der Waals surface area (Å²) in [7, 11) is 0. The first-order valence-electron chi connectivity index (χ1n) is 6.97. The average Bonchev–Trinajstić information content (AvgIpc) is 3.16. The molecule has 106 valence electrons. The molecule has 2 aromatic rings. The van der Waals surface area contributed by atoms with Gasteiger partial charge in [-0.3, -0.25) is 0 Å². The van der Waals surface area contributed by atoms with Gasteiger partial charge in [-0.05, 0) is 55.6 Å². The van der Waals surface area contributed by atoms with Crippen molar-refractivity contribution in [3.05, 3.63) is 46.8 Å². The van der Waals surface area contributed by atoms with E-state index in [1.54, 1.807) is 11.3 Å². The molecule has 1 N–H and O–H groups in total. The van der Waals surface area contributed by atoms with E-state index in [1.807, 2.05) is 12.1 Å². The summed E-state index contributed by atoms with van der Waals surface area (Å²) in [5.74, 6) is -0.0770. The second-order valence-electron chi connectivity index (χ2n) is 5.20. The first-order valence-corrected chi connectivity index (χ1v) is 7.79. The Bertz CT molecular complexity index is 604. The Labute approximate surface area is 121 Å². The molecule has 20 heavy (non-hydrogen) atoms. The monoisotopic (exact) mass is 293 g/mol. The Morgan fingerprint density at radius 2 is 2.05 bits per heavy atom. The predicted octanol–water partition coefficient (Wildman–Crippen LogP) is 4.75. The maximum absolute atomic E-state index is 13.8. The number of halogens is 2. The minimum Gasteiger partial charge on any atom is -0.309 e. The van der Waals surface area contributed by atoms with Crippen LogP contribution in [0.25, 0.3) is 10.4 Å². The van der Waals surface area contributed by atoms with Crippen molar-refractivity contribution in [1.29, 1.82) is 0 Å². The van der Waals surface area contributed by atoms with Crippen molar-refractivity contribution in [1.82, 2.24) is 5.32 Å². The highest BCUT2D eigenvalue weighted by molar-refractivity contribution is 7.15. The maximum Gasteiger partial charge on any atom is 0.132 e. The van der Waals surface area contributed by atoms with Gasteiger partial charge in [-0.25, -0.2) is 8.78 Å². The van der Waals surface area contributed by atoms with Crippen LogP contribution in [0.4, 0.5) is 8.78 Å². The Morgan fingerprint density at radius 1 is 1.25 bits per heavy atom. The van der Waals surface area contributed by atoms with Crippen molar-refractivity contribution in [2.75, 3.05) is 6.54 Å². The Balaban J connectivity index is 1.90. The molecule has 1 saturated carbocycles. The van der Waals surface area contributed by atoms with Crippen LogP contribution < -0.4 is 5.32 Å². The van der Waals surface area contributed by atoms with E-state index in [0.29, 0.717) is 17.5 Å². The second-order valence-corrected chi connectivity index (χ2v) is 6.31. The van der Waals surface area contributed by atoms with Crippen LogP contribution in [-0.4, -0.2) is 6.54 Å². The van der Waals surface area contributed by atoms with Crippen molar-refractivity contribution in [3.63, 3.8) is 0 Å². The Morgan fingerprint density at radius 3 is 2.75 bits per heavy atom. The molecule has 1 aromatic carbocycles. The summed E-state index contributed by atoms with van der Waals surface area (Å²) in [5, 5.41) is 3.49. The molecule has 0 spiro atoms. The van der Waals surface area contributed by atoms with Gasteiger partial charge in [0.25, 0.3) is 0 Å². The molecule has 4 heteroatoms.